The third kappa shape index (κ3) is 2.70. The zero-order valence-corrected chi connectivity index (χ0v) is 12.8. The molecule has 2 unspecified atom stereocenters. The van der Waals surface area contributed by atoms with E-state index in [1.807, 2.05) is 6.07 Å². The maximum atomic E-state index is 12.3. The standard InChI is InChI=1S/C17H24N2O2/c1-16(2)11-17(16,13-6-4-3-5-7-13)12-19-15(20)14-10-21-9-8-18-14/h3-7,14,18H,8-12H2,1-2H3,(H,19,20). The first-order chi connectivity index (χ1) is 10.1. The molecular formula is C17H24N2O2. The van der Waals surface area contributed by atoms with Crippen molar-refractivity contribution in [2.75, 3.05) is 26.3 Å². The van der Waals surface area contributed by atoms with Crippen molar-refractivity contribution >= 4 is 5.91 Å². The van der Waals surface area contributed by atoms with Gasteiger partial charge in [0.25, 0.3) is 0 Å². The number of hydrogen-bond donors (Lipinski definition) is 2. The molecule has 0 spiro atoms. The number of ether oxygens (including phenoxy) is 1. The number of hydrogen-bond acceptors (Lipinski definition) is 3. The van der Waals surface area contributed by atoms with E-state index >= 15 is 0 Å². The molecule has 1 saturated carbocycles. The van der Waals surface area contributed by atoms with E-state index in [4.69, 9.17) is 4.74 Å². The van der Waals surface area contributed by atoms with E-state index in [9.17, 15) is 4.79 Å². The summed E-state index contributed by atoms with van der Waals surface area (Å²) in [6, 6.07) is 10.3. The molecule has 2 fully saturated rings. The average Bonchev–Trinajstić information content (AvgIpc) is 3.09. The van der Waals surface area contributed by atoms with Crippen molar-refractivity contribution in [2.24, 2.45) is 5.41 Å². The van der Waals surface area contributed by atoms with Gasteiger partial charge in [0, 0.05) is 18.5 Å². The molecule has 21 heavy (non-hydrogen) atoms. The lowest BCUT2D eigenvalue weighted by Crippen LogP contribution is -2.52. The van der Waals surface area contributed by atoms with E-state index in [1.165, 1.54) is 5.56 Å². The van der Waals surface area contributed by atoms with Gasteiger partial charge in [-0.05, 0) is 17.4 Å². The summed E-state index contributed by atoms with van der Waals surface area (Å²) in [7, 11) is 0. The largest absolute Gasteiger partial charge is 0.378 e. The molecule has 0 radical (unpaired) electrons. The maximum absolute atomic E-state index is 12.3. The van der Waals surface area contributed by atoms with E-state index in [-0.39, 0.29) is 22.8 Å². The lowest BCUT2D eigenvalue weighted by molar-refractivity contribution is -0.126. The van der Waals surface area contributed by atoms with Gasteiger partial charge in [-0.25, -0.2) is 0 Å². The molecule has 4 heteroatoms. The van der Waals surface area contributed by atoms with Crippen LogP contribution in [-0.2, 0) is 14.9 Å². The van der Waals surface area contributed by atoms with Crippen molar-refractivity contribution in [1.29, 1.82) is 0 Å². The second-order valence-corrected chi connectivity index (χ2v) is 6.81. The van der Waals surface area contributed by atoms with Crippen LogP contribution in [-0.4, -0.2) is 38.3 Å². The Morgan fingerprint density at radius 1 is 1.38 bits per heavy atom. The Labute approximate surface area is 126 Å². The summed E-state index contributed by atoms with van der Waals surface area (Å²) in [5, 5.41) is 6.33. The fourth-order valence-electron chi connectivity index (χ4n) is 3.46. The summed E-state index contributed by atoms with van der Waals surface area (Å²) in [6.07, 6.45) is 1.11. The molecule has 1 aliphatic carbocycles. The highest BCUT2D eigenvalue weighted by atomic mass is 16.5. The Bertz CT molecular complexity index is 509. The van der Waals surface area contributed by atoms with Crippen LogP contribution in [0.4, 0.5) is 0 Å². The molecule has 3 rings (SSSR count). The first kappa shape index (κ1) is 14.5. The zero-order valence-electron chi connectivity index (χ0n) is 12.8. The minimum absolute atomic E-state index is 0.0488. The third-order valence-corrected chi connectivity index (χ3v) is 5.04. The first-order valence-corrected chi connectivity index (χ1v) is 7.70. The van der Waals surface area contributed by atoms with Crippen molar-refractivity contribution in [3.63, 3.8) is 0 Å². The van der Waals surface area contributed by atoms with Crippen LogP contribution in [0.2, 0.25) is 0 Å². The van der Waals surface area contributed by atoms with Gasteiger partial charge in [0.2, 0.25) is 5.91 Å². The molecule has 4 nitrogen and oxygen atoms in total. The SMILES string of the molecule is CC1(C)CC1(CNC(=O)C1COCCN1)c1ccccc1. The Kier molecular flexibility index (Phi) is 3.76. The van der Waals surface area contributed by atoms with Gasteiger partial charge in [0.05, 0.1) is 13.2 Å². The van der Waals surface area contributed by atoms with E-state index < -0.39 is 0 Å². The quantitative estimate of drug-likeness (QED) is 0.882. The van der Waals surface area contributed by atoms with Gasteiger partial charge in [0.1, 0.15) is 6.04 Å². The van der Waals surface area contributed by atoms with Crippen LogP contribution in [0.5, 0.6) is 0 Å². The van der Waals surface area contributed by atoms with Gasteiger partial charge < -0.3 is 15.4 Å². The zero-order chi connectivity index (χ0) is 14.9. The normalized spacial score (nSPS) is 30.7. The minimum atomic E-state index is -0.214. The molecule has 1 saturated heterocycles. The summed E-state index contributed by atoms with van der Waals surface area (Å²) >= 11 is 0. The summed E-state index contributed by atoms with van der Waals surface area (Å²) in [6.45, 7) is 7.13. The third-order valence-electron chi connectivity index (χ3n) is 5.04. The van der Waals surface area contributed by atoms with E-state index in [0.717, 1.165) is 13.0 Å². The number of carbonyl (C=O) groups excluding carboxylic acids is 1. The number of amides is 1. The van der Waals surface area contributed by atoms with Crippen LogP contribution < -0.4 is 10.6 Å². The molecule has 1 aromatic rings. The lowest BCUT2D eigenvalue weighted by Gasteiger charge is -2.26. The second kappa shape index (κ2) is 5.43. The molecule has 0 aromatic heterocycles. The first-order valence-electron chi connectivity index (χ1n) is 7.70. The van der Waals surface area contributed by atoms with Crippen molar-refractivity contribution in [3.05, 3.63) is 35.9 Å². The van der Waals surface area contributed by atoms with Gasteiger partial charge in [-0.1, -0.05) is 44.2 Å². The van der Waals surface area contributed by atoms with Crippen molar-refractivity contribution in [1.82, 2.24) is 10.6 Å². The van der Waals surface area contributed by atoms with Gasteiger partial charge in [0.15, 0.2) is 0 Å². The number of carbonyl (C=O) groups is 1. The molecule has 1 amide bonds. The number of benzene rings is 1. The second-order valence-electron chi connectivity index (χ2n) is 6.81. The summed E-state index contributed by atoms with van der Waals surface area (Å²) < 4.78 is 5.35. The predicted octanol–water partition coefficient (Wildman–Crippen LogP) is 1.46. The molecule has 1 aromatic carbocycles. The predicted molar refractivity (Wildman–Crippen MR) is 82.1 cm³/mol. The maximum Gasteiger partial charge on any atom is 0.239 e. The summed E-state index contributed by atoms with van der Waals surface area (Å²) in [5.74, 6) is 0.0488. The highest BCUT2D eigenvalue weighted by Crippen LogP contribution is 2.63. The van der Waals surface area contributed by atoms with Crippen molar-refractivity contribution < 1.29 is 9.53 Å². The van der Waals surface area contributed by atoms with Gasteiger partial charge in [-0.2, -0.15) is 0 Å². The summed E-state index contributed by atoms with van der Waals surface area (Å²) in [5.41, 5.74) is 1.63. The lowest BCUT2D eigenvalue weighted by atomic mass is 9.87. The summed E-state index contributed by atoms with van der Waals surface area (Å²) in [4.78, 5) is 12.3. The Morgan fingerprint density at radius 2 is 2.10 bits per heavy atom. The molecular weight excluding hydrogens is 264 g/mol. The molecule has 2 N–H and O–H groups in total. The van der Waals surface area contributed by atoms with Gasteiger partial charge in [-0.15, -0.1) is 0 Å². The molecule has 1 heterocycles. The highest BCUT2D eigenvalue weighted by molar-refractivity contribution is 5.82. The fourth-order valence-corrected chi connectivity index (χ4v) is 3.46. The monoisotopic (exact) mass is 288 g/mol. The van der Waals surface area contributed by atoms with Crippen LogP contribution >= 0.6 is 0 Å². The van der Waals surface area contributed by atoms with Crippen LogP contribution in [0, 0.1) is 5.41 Å². The van der Waals surface area contributed by atoms with Crippen molar-refractivity contribution in [3.8, 4) is 0 Å². The van der Waals surface area contributed by atoms with E-state index in [0.29, 0.717) is 19.8 Å². The molecule has 2 atom stereocenters. The Balaban J connectivity index is 1.66. The van der Waals surface area contributed by atoms with E-state index in [2.05, 4.69) is 48.7 Å². The average molecular weight is 288 g/mol. The fraction of sp³-hybridized carbons (Fsp3) is 0.588. The van der Waals surface area contributed by atoms with Crippen molar-refractivity contribution in [2.45, 2.75) is 31.7 Å². The van der Waals surface area contributed by atoms with Crippen LogP contribution in [0.15, 0.2) is 30.3 Å². The molecule has 114 valence electrons. The Hall–Kier alpha value is -1.39. The topological polar surface area (TPSA) is 50.4 Å². The van der Waals surface area contributed by atoms with Crippen LogP contribution in [0.1, 0.15) is 25.8 Å². The molecule has 1 aliphatic heterocycles. The highest BCUT2D eigenvalue weighted by Gasteiger charge is 2.61. The number of nitrogens with one attached hydrogen (secondary N) is 2. The number of rotatable bonds is 4. The van der Waals surface area contributed by atoms with Gasteiger partial charge in [-0.3, -0.25) is 4.79 Å². The Morgan fingerprint density at radius 3 is 2.67 bits per heavy atom. The van der Waals surface area contributed by atoms with Gasteiger partial charge >= 0.3 is 0 Å². The molecule has 0 bridgehead atoms. The number of morpholine rings is 1. The van der Waals surface area contributed by atoms with Crippen LogP contribution in [0.3, 0.4) is 0 Å². The minimum Gasteiger partial charge on any atom is -0.378 e. The van der Waals surface area contributed by atoms with Crippen LogP contribution in [0.25, 0.3) is 0 Å². The van der Waals surface area contributed by atoms with E-state index in [1.54, 1.807) is 0 Å². The molecule has 2 aliphatic rings. The smallest absolute Gasteiger partial charge is 0.239 e.